The first-order valence-electron chi connectivity index (χ1n) is 8.65. The van der Waals surface area contributed by atoms with Crippen LogP contribution in [0, 0.1) is 10.1 Å². The molecule has 138 valence electrons. The predicted molar refractivity (Wildman–Crippen MR) is 103 cm³/mol. The molecule has 0 aliphatic rings. The third-order valence-electron chi connectivity index (χ3n) is 4.35. The number of hydrogen-bond acceptors (Lipinski definition) is 5. The summed E-state index contributed by atoms with van der Waals surface area (Å²) >= 11 is 0. The van der Waals surface area contributed by atoms with Crippen LogP contribution in [0.5, 0.6) is 5.75 Å². The zero-order valence-electron chi connectivity index (χ0n) is 15.3. The number of nitro benzene ring substituents is 1. The second-order valence-electron chi connectivity index (χ2n) is 6.09. The summed E-state index contributed by atoms with van der Waals surface area (Å²) in [5.41, 5.74) is 5.91. The molecule has 0 radical (unpaired) electrons. The summed E-state index contributed by atoms with van der Waals surface area (Å²) in [5, 5.41) is 25.3. The number of quaternary nitrogens is 1. The Morgan fingerprint density at radius 3 is 2.62 bits per heavy atom. The molecule has 26 heavy (non-hydrogen) atoms. The Hall–Kier alpha value is -2.93. The molecule has 0 bridgehead atoms. The number of hydrogen-bond donors (Lipinski definition) is 3. The first-order chi connectivity index (χ1) is 12.4. The van der Waals surface area contributed by atoms with Gasteiger partial charge in [-0.25, -0.2) is 0 Å². The highest BCUT2D eigenvalue weighted by atomic mass is 16.6. The lowest BCUT2D eigenvalue weighted by Gasteiger charge is -2.16. The van der Waals surface area contributed by atoms with Crippen molar-refractivity contribution in [1.29, 1.82) is 0 Å². The van der Waals surface area contributed by atoms with Gasteiger partial charge in [-0.1, -0.05) is 6.07 Å². The Balaban J connectivity index is 2.18. The molecule has 0 aromatic heterocycles. The highest BCUT2D eigenvalue weighted by Crippen LogP contribution is 2.19. The maximum absolute atomic E-state index is 10.8. The van der Waals surface area contributed by atoms with Gasteiger partial charge in [0.05, 0.1) is 29.4 Å². The van der Waals surface area contributed by atoms with Crippen molar-refractivity contribution in [1.82, 2.24) is 0 Å². The van der Waals surface area contributed by atoms with Gasteiger partial charge < -0.3 is 10.0 Å². The van der Waals surface area contributed by atoms with Crippen LogP contribution in [0.2, 0.25) is 0 Å². The van der Waals surface area contributed by atoms with Gasteiger partial charge in [0.15, 0.2) is 0 Å². The predicted octanol–water partition coefficient (Wildman–Crippen LogP) is 2.56. The van der Waals surface area contributed by atoms with Crippen LogP contribution < -0.4 is 10.3 Å². The van der Waals surface area contributed by atoms with E-state index < -0.39 is 4.92 Å². The Kier molecular flexibility index (Phi) is 6.68. The van der Waals surface area contributed by atoms with Crippen LogP contribution in [-0.4, -0.2) is 28.8 Å². The van der Waals surface area contributed by atoms with E-state index in [1.54, 1.807) is 18.2 Å². The number of benzene rings is 2. The summed E-state index contributed by atoms with van der Waals surface area (Å²) < 4.78 is 0. The minimum absolute atomic E-state index is 0.0111. The summed E-state index contributed by atoms with van der Waals surface area (Å²) in [6, 6.07) is 11.6. The molecule has 3 N–H and O–H groups in total. The molecule has 0 spiro atoms. The van der Waals surface area contributed by atoms with E-state index in [9.17, 15) is 15.2 Å². The Morgan fingerprint density at radius 1 is 1.23 bits per heavy atom. The summed E-state index contributed by atoms with van der Waals surface area (Å²) in [7, 11) is 0. The molecule has 0 saturated carbocycles. The fourth-order valence-electron chi connectivity index (χ4n) is 2.62. The van der Waals surface area contributed by atoms with Crippen LogP contribution in [0.4, 0.5) is 11.4 Å². The molecule has 2 aromatic carbocycles. The van der Waals surface area contributed by atoms with E-state index >= 15 is 0 Å². The summed E-state index contributed by atoms with van der Waals surface area (Å²) in [6.07, 6.45) is 0. The molecule has 7 nitrogen and oxygen atoms in total. The van der Waals surface area contributed by atoms with Gasteiger partial charge in [-0.3, -0.25) is 15.5 Å². The van der Waals surface area contributed by atoms with Gasteiger partial charge in [-0.15, -0.1) is 0 Å². The quantitative estimate of drug-likeness (QED) is 0.385. The zero-order chi connectivity index (χ0) is 19.1. The third-order valence-corrected chi connectivity index (χ3v) is 4.35. The number of hydrazone groups is 1. The molecular formula is C19H25N4O3+. The molecular weight excluding hydrogens is 332 g/mol. The molecule has 0 aliphatic carbocycles. The van der Waals surface area contributed by atoms with E-state index in [2.05, 4.69) is 24.4 Å². The van der Waals surface area contributed by atoms with E-state index in [1.165, 1.54) is 17.0 Å². The topological polar surface area (TPSA) is 92.2 Å². The van der Waals surface area contributed by atoms with Crippen LogP contribution in [-0.2, 0) is 6.54 Å². The standard InChI is InChI=1S/C19H24N4O3/c1-4-22(5-2)13-16-11-15(9-10-19(16)24)14(3)20-21-17-7-6-8-18(12-17)23(25)26/h6-12,21,24H,4-5,13H2,1-3H3/p+1/b20-14+. The Labute approximate surface area is 153 Å². The van der Waals surface area contributed by atoms with Crippen molar-refractivity contribution in [3.05, 3.63) is 63.7 Å². The lowest BCUT2D eigenvalue weighted by Crippen LogP contribution is -3.10. The minimum atomic E-state index is -0.441. The average Bonchev–Trinajstić information content (AvgIpc) is 2.65. The van der Waals surface area contributed by atoms with E-state index in [0.29, 0.717) is 5.69 Å². The zero-order valence-corrected chi connectivity index (χ0v) is 15.3. The molecule has 0 saturated heterocycles. The second-order valence-corrected chi connectivity index (χ2v) is 6.09. The first-order valence-corrected chi connectivity index (χ1v) is 8.65. The smallest absolute Gasteiger partial charge is 0.271 e. The molecule has 0 unspecified atom stereocenters. The number of anilines is 1. The number of aromatic hydroxyl groups is 1. The lowest BCUT2D eigenvalue weighted by atomic mass is 10.1. The van der Waals surface area contributed by atoms with Gasteiger partial charge in [0.2, 0.25) is 0 Å². The van der Waals surface area contributed by atoms with Crippen molar-refractivity contribution in [3.63, 3.8) is 0 Å². The second kappa shape index (κ2) is 8.96. The SMILES string of the molecule is CC[NH+](CC)Cc1cc(/C(C)=N/Nc2cccc([N+](=O)[O-])c2)ccc1O. The monoisotopic (exact) mass is 357 g/mol. The minimum Gasteiger partial charge on any atom is -0.507 e. The Morgan fingerprint density at radius 2 is 1.96 bits per heavy atom. The number of phenolic OH excluding ortho intramolecular Hbond substituents is 1. The van der Waals surface area contributed by atoms with Gasteiger partial charge in [-0.2, -0.15) is 5.10 Å². The van der Waals surface area contributed by atoms with Crippen molar-refractivity contribution in [2.45, 2.75) is 27.3 Å². The van der Waals surface area contributed by atoms with Gasteiger partial charge >= 0.3 is 0 Å². The molecule has 2 rings (SSSR count). The van der Waals surface area contributed by atoms with E-state index in [0.717, 1.165) is 36.5 Å². The van der Waals surface area contributed by atoms with E-state index in [1.807, 2.05) is 19.1 Å². The van der Waals surface area contributed by atoms with Gasteiger partial charge in [0.1, 0.15) is 12.3 Å². The molecule has 0 atom stereocenters. The van der Waals surface area contributed by atoms with Gasteiger partial charge in [-0.05, 0) is 50.6 Å². The fraction of sp³-hybridized carbons (Fsp3) is 0.316. The van der Waals surface area contributed by atoms with E-state index in [-0.39, 0.29) is 11.4 Å². The van der Waals surface area contributed by atoms with E-state index in [4.69, 9.17) is 0 Å². The van der Waals surface area contributed by atoms with Crippen molar-refractivity contribution >= 4 is 17.1 Å². The number of nitrogens with zero attached hydrogens (tertiary/aromatic N) is 2. The Bertz CT molecular complexity index is 801. The molecule has 2 aromatic rings. The molecule has 0 fully saturated rings. The van der Waals surface area contributed by atoms with Crippen LogP contribution in [0.3, 0.4) is 0 Å². The number of non-ortho nitro benzene ring substituents is 1. The summed E-state index contributed by atoms with van der Waals surface area (Å²) in [4.78, 5) is 11.8. The normalized spacial score (nSPS) is 11.6. The summed E-state index contributed by atoms with van der Waals surface area (Å²) in [5.74, 6) is 0.285. The molecule has 0 heterocycles. The number of nitrogens with one attached hydrogen (secondary N) is 2. The molecule has 0 amide bonds. The lowest BCUT2D eigenvalue weighted by molar-refractivity contribution is -0.910. The number of rotatable bonds is 8. The van der Waals surface area contributed by atoms with Crippen LogP contribution in [0.1, 0.15) is 31.9 Å². The highest BCUT2D eigenvalue weighted by molar-refractivity contribution is 5.99. The van der Waals surface area contributed by atoms with Crippen LogP contribution >= 0.6 is 0 Å². The summed E-state index contributed by atoms with van der Waals surface area (Å²) in [6.45, 7) is 8.82. The first kappa shape index (κ1) is 19.4. The van der Waals surface area contributed by atoms with Gasteiger partial charge in [0, 0.05) is 17.7 Å². The fourth-order valence-corrected chi connectivity index (χ4v) is 2.62. The average molecular weight is 357 g/mol. The number of nitro groups is 1. The maximum atomic E-state index is 10.8. The largest absolute Gasteiger partial charge is 0.507 e. The highest BCUT2D eigenvalue weighted by Gasteiger charge is 2.11. The third kappa shape index (κ3) is 5.03. The molecule has 7 heteroatoms. The number of phenols is 1. The van der Waals surface area contributed by atoms with Crippen LogP contribution in [0.15, 0.2) is 47.6 Å². The van der Waals surface area contributed by atoms with Crippen LogP contribution in [0.25, 0.3) is 0 Å². The van der Waals surface area contributed by atoms with Crippen molar-refractivity contribution in [2.24, 2.45) is 5.10 Å². The molecule has 0 aliphatic heterocycles. The van der Waals surface area contributed by atoms with Gasteiger partial charge in [0.25, 0.3) is 5.69 Å². The van der Waals surface area contributed by atoms with Crippen molar-refractivity contribution in [3.8, 4) is 5.75 Å². The maximum Gasteiger partial charge on any atom is 0.271 e. The van der Waals surface area contributed by atoms with Crippen molar-refractivity contribution < 1.29 is 14.9 Å². The van der Waals surface area contributed by atoms with Crippen molar-refractivity contribution in [2.75, 3.05) is 18.5 Å².